The Kier molecular flexibility index (Phi) is 3.06. The molecule has 0 aliphatic heterocycles. The average Bonchev–Trinajstić information content (AvgIpc) is 2.30. The third kappa shape index (κ3) is 3.30. The highest BCUT2D eigenvalue weighted by Gasteiger charge is 2.12. The Hall–Kier alpha value is -1.15. The fourth-order valence-corrected chi connectivity index (χ4v) is 2.25. The van der Waals surface area contributed by atoms with Crippen LogP contribution in [0.1, 0.15) is 0 Å². The molecule has 3 N–H and O–H groups in total. The van der Waals surface area contributed by atoms with Gasteiger partial charge in [-0.3, -0.25) is 9.40 Å². The van der Waals surface area contributed by atoms with E-state index in [9.17, 15) is 8.42 Å². The first-order valence-electron chi connectivity index (χ1n) is 3.66. The highest BCUT2D eigenvalue weighted by atomic mass is 32.2. The molecule has 8 heteroatoms. The summed E-state index contributed by atoms with van der Waals surface area (Å²) >= 11 is 4.50. The van der Waals surface area contributed by atoms with Crippen LogP contribution in [-0.4, -0.2) is 28.9 Å². The van der Waals surface area contributed by atoms with E-state index in [-0.39, 0.29) is 10.7 Å². The summed E-state index contributed by atoms with van der Waals surface area (Å²) in [5.74, 6) is -0.364. The van der Waals surface area contributed by atoms with Crippen molar-refractivity contribution in [2.75, 3.05) is 10.5 Å². The number of rotatable bonds is 4. The van der Waals surface area contributed by atoms with E-state index in [0.29, 0.717) is 5.69 Å². The summed E-state index contributed by atoms with van der Waals surface area (Å²) in [5, 5.41) is 3.81. The molecule has 0 amide bonds. The summed E-state index contributed by atoms with van der Waals surface area (Å²) in [6, 6.07) is 0. The van der Waals surface area contributed by atoms with Gasteiger partial charge in [0.15, 0.2) is 0 Å². The Bertz CT molecular complexity index is 436. The molecule has 0 unspecified atom stereocenters. The number of sulfonamides is 1. The van der Waals surface area contributed by atoms with Crippen molar-refractivity contribution in [2.45, 2.75) is 0 Å². The Morgan fingerprint density at radius 2 is 2.43 bits per heavy atom. The van der Waals surface area contributed by atoms with Crippen LogP contribution in [0.2, 0.25) is 0 Å². The predicted molar refractivity (Wildman–Crippen MR) is 57.4 cm³/mol. The molecule has 6 nitrogen and oxygen atoms in total. The van der Waals surface area contributed by atoms with E-state index in [1.165, 1.54) is 17.1 Å². The van der Waals surface area contributed by atoms with Crippen molar-refractivity contribution >= 4 is 32.9 Å². The van der Waals surface area contributed by atoms with Gasteiger partial charge >= 0.3 is 0 Å². The van der Waals surface area contributed by atoms with Gasteiger partial charge in [-0.2, -0.15) is 5.10 Å². The maximum absolute atomic E-state index is 11.3. The van der Waals surface area contributed by atoms with Crippen molar-refractivity contribution in [3.05, 3.63) is 12.4 Å². The van der Waals surface area contributed by atoms with Gasteiger partial charge in [0.2, 0.25) is 10.0 Å². The van der Waals surface area contributed by atoms with E-state index in [1.807, 2.05) is 0 Å². The maximum Gasteiger partial charge on any atom is 0.239 e. The van der Waals surface area contributed by atoms with Gasteiger partial charge in [0, 0.05) is 13.2 Å². The van der Waals surface area contributed by atoms with Gasteiger partial charge in [0.05, 0.1) is 16.9 Å². The van der Waals surface area contributed by atoms with Crippen molar-refractivity contribution in [3.63, 3.8) is 0 Å². The van der Waals surface area contributed by atoms with Gasteiger partial charge in [-0.05, 0) is 0 Å². The minimum atomic E-state index is -3.49. The predicted octanol–water partition coefficient (Wildman–Crippen LogP) is -0.552. The lowest BCUT2D eigenvalue weighted by Gasteiger charge is -2.03. The molecule has 0 aromatic carbocycles. The smallest absolute Gasteiger partial charge is 0.239 e. The summed E-state index contributed by atoms with van der Waals surface area (Å²) in [6.45, 7) is 0. The minimum absolute atomic E-state index is 0.0682. The molecule has 0 atom stereocenters. The standard InChI is InChI=1S/C6H10N4O2S2/c1-10-3-5(2-8-10)9-14(11,12)4-6(7)13/h2-3,9H,4H2,1H3,(H2,7,13). The summed E-state index contributed by atoms with van der Waals surface area (Å²) in [7, 11) is -1.80. The van der Waals surface area contributed by atoms with Crippen molar-refractivity contribution in [1.29, 1.82) is 0 Å². The van der Waals surface area contributed by atoms with Gasteiger partial charge in [-0.15, -0.1) is 0 Å². The van der Waals surface area contributed by atoms with Crippen LogP contribution in [0.15, 0.2) is 12.4 Å². The molecule has 0 bridgehead atoms. The summed E-state index contributed by atoms with van der Waals surface area (Å²) in [5.41, 5.74) is 5.52. The molecular formula is C6H10N4O2S2. The van der Waals surface area contributed by atoms with E-state index >= 15 is 0 Å². The highest BCUT2D eigenvalue weighted by Crippen LogP contribution is 2.06. The molecular weight excluding hydrogens is 224 g/mol. The lowest BCUT2D eigenvalue weighted by atomic mass is 10.6. The molecule has 1 heterocycles. The molecule has 0 spiro atoms. The van der Waals surface area contributed by atoms with Crippen LogP contribution in [-0.2, 0) is 17.1 Å². The van der Waals surface area contributed by atoms with E-state index in [4.69, 9.17) is 5.73 Å². The first kappa shape index (κ1) is 10.9. The lowest BCUT2D eigenvalue weighted by molar-refractivity contribution is 0.605. The fourth-order valence-electron chi connectivity index (χ4n) is 0.877. The number of nitrogens with zero attached hydrogens (tertiary/aromatic N) is 2. The quantitative estimate of drug-likeness (QED) is 0.682. The molecule has 0 radical (unpaired) electrons. The molecule has 0 fully saturated rings. The normalized spacial score (nSPS) is 11.2. The molecule has 1 rings (SSSR count). The van der Waals surface area contributed by atoms with Crippen LogP contribution in [0.5, 0.6) is 0 Å². The Balaban J connectivity index is 2.73. The summed E-state index contributed by atoms with van der Waals surface area (Å²) in [6.07, 6.45) is 2.94. The van der Waals surface area contributed by atoms with E-state index in [1.54, 1.807) is 7.05 Å². The first-order valence-corrected chi connectivity index (χ1v) is 5.72. The number of nitrogens with two attached hydrogens (primary N) is 1. The molecule has 1 aromatic heterocycles. The minimum Gasteiger partial charge on any atom is -0.392 e. The second-order valence-electron chi connectivity index (χ2n) is 2.73. The van der Waals surface area contributed by atoms with Crippen molar-refractivity contribution in [2.24, 2.45) is 12.8 Å². The Morgan fingerprint density at radius 3 is 2.86 bits per heavy atom. The molecule has 14 heavy (non-hydrogen) atoms. The second-order valence-corrected chi connectivity index (χ2v) is 4.98. The first-order chi connectivity index (χ1) is 6.39. The number of nitrogens with one attached hydrogen (secondary N) is 1. The number of aryl methyl sites for hydroxylation is 1. The van der Waals surface area contributed by atoms with Crippen LogP contribution in [0.25, 0.3) is 0 Å². The number of aromatic nitrogens is 2. The van der Waals surface area contributed by atoms with Gasteiger partial charge in [-0.25, -0.2) is 8.42 Å². The Labute approximate surface area is 87.1 Å². The highest BCUT2D eigenvalue weighted by molar-refractivity contribution is 7.95. The zero-order valence-corrected chi connectivity index (χ0v) is 9.10. The third-order valence-electron chi connectivity index (χ3n) is 1.31. The monoisotopic (exact) mass is 234 g/mol. The van der Waals surface area contributed by atoms with Gasteiger partial charge in [0.25, 0.3) is 0 Å². The molecule has 0 saturated heterocycles. The van der Waals surface area contributed by atoms with Crippen LogP contribution >= 0.6 is 12.2 Å². The largest absolute Gasteiger partial charge is 0.392 e. The van der Waals surface area contributed by atoms with Crippen LogP contribution in [0, 0.1) is 0 Å². The van der Waals surface area contributed by atoms with Crippen molar-refractivity contribution in [3.8, 4) is 0 Å². The fraction of sp³-hybridized carbons (Fsp3) is 0.333. The summed E-state index contributed by atoms with van der Waals surface area (Å²) < 4.78 is 26.4. The molecule has 0 saturated carbocycles. The van der Waals surface area contributed by atoms with Gasteiger partial charge in [-0.1, -0.05) is 12.2 Å². The molecule has 0 aliphatic carbocycles. The lowest BCUT2D eigenvalue weighted by Crippen LogP contribution is -2.26. The average molecular weight is 234 g/mol. The molecule has 0 aliphatic rings. The van der Waals surface area contributed by atoms with E-state index < -0.39 is 10.0 Å². The summed E-state index contributed by atoms with van der Waals surface area (Å²) in [4.78, 5) is -0.0682. The van der Waals surface area contributed by atoms with Crippen LogP contribution in [0.3, 0.4) is 0 Å². The number of thiocarbonyl (C=S) groups is 1. The van der Waals surface area contributed by atoms with Gasteiger partial charge in [0.1, 0.15) is 5.75 Å². The van der Waals surface area contributed by atoms with E-state index in [2.05, 4.69) is 22.0 Å². The molecule has 78 valence electrons. The second kappa shape index (κ2) is 3.93. The zero-order chi connectivity index (χ0) is 10.8. The van der Waals surface area contributed by atoms with Crippen LogP contribution in [0.4, 0.5) is 5.69 Å². The van der Waals surface area contributed by atoms with Crippen molar-refractivity contribution in [1.82, 2.24) is 9.78 Å². The SMILES string of the molecule is Cn1cc(NS(=O)(=O)CC(N)=S)cn1. The maximum atomic E-state index is 11.3. The number of hydrogen-bond acceptors (Lipinski definition) is 4. The topological polar surface area (TPSA) is 90.0 Å². The Morgan fingerprint density at radius 1 is 1.79 bits per heavy atom. The number of anilines is 1. The van der Waals surface area contributed by atoms with Crippen LogP contribution < -0.4 is 10.5 Å². The van der Waals surface area contributed by atoms with E-state index in [0.717, 1.165) is 0 Å². The van der Waals surface area contributed by atoms with Crippen molar-refractivity contribution < 1.29 is 8.42 Å². The number of hydrogen-bond donors (Lipinski definition) is 2. The molecule has 1 aromatic rings. The zero-order valence-electron chi connectivity index (χ0n) is 7.47. The third-order valence-corrected chi connectivity index (χ3v) is 2.88. The van der Waals surface area contributed by atoms with Gasteiger partial charge < -0.3 is 5.73 Å².